The number of ether oxygens (including phenoxy) is 8. The van der Waals surface area contributed by atoms with Gasteiger partial charge in [-0.3, -0.25) is 0 Å². The summed E-state index contributed by atoms with van der Waals surface area (Å²) in [7, 11) is 0. The van der Waals surface area contributed by atoms with Gasteiger partial charge in [0.15, 0.2) is 23.0 Å². The van der Waals surface area contributed by atoms with Crippen LogP contribution in [0.3, 0.4) is 0 Å². The molecule has 2 aromatic carbocycles. The summed E-state index contributed by atoms with van der Waals surface area (Å²) < 4.78 is 45.6. The number of hydrogen-bond donors (Lipinski definition) is 0. The van der Waals surface area contributed by atoms with Crippen LogP contribution < -0.4 is 18.9 Å². The first-order valence-corrected chi connectivity index (χ1v) is 11.9. The normalized spacial score (nSPS) is 17.2. The van der Waals surface area contributed by atoms with Crippen LogP contribution >= 0.6 is 0 Å². The zero-order chi connectivity index (χ0) is 25.1. The Hall–Kier alpha value is -3.21. The van der Waals surface area contributed by atoms with Crippen molar-refractivity contribution in [1.82, 2.24) is 0 Å². The molecule has 1 heterocycles. The van der Waals surface area contributed by atoms with Crippen LogP contribution in [0.1, 0.15) is 5.56 Å². The second kappa shape index (κ2) is 17.3. The zero-order valence-electron chi connectivity index (χ0n) is 20.3. The van der Waals surface area contributed by atoms with Gasteiger partial charge in [0.25, 0.3) is 0 Å². The molecule has 0 saturated carbocycles. The van der Waals surface area contributed by atoms with Crippen molar-refractivity contribution in [2.24, 2.45) is 5.11 Å². The Morgan fingerprint density at radius 3 is 1.44 bits per heavy atom. The Morgan fingerprint density at radius 1 is 0.556 bits per heavy atom. The van der Waals surface area contributed by atoms with Crippen molar-refractivity contribution in [1.29, 1.82) is 0 Å². The van der Waals surface area contributed by atoms with Crippen LogP contribution in [0.5, 0.6) is 23.0 Å². The van der Waals surface area contributed by atoms with Crippen LogP contribution in [-0.2, 0) is 25.5 Å². The minimum Gasteiger partial charge on any atom is -0.487 e. The quantitative estimate of drug-likeness (QED) is 0.345. The van der Waals surface area contributed by atoms with Crippen LogP contribution in [0, 0.1) is 0 Å². The third-order valence-electron chi connectivity index (χ3n) is 4.86. The molecule has 0 bridgehead atoms. The number of fused-ring (bicyclic) bond motifs is 2. The predicted octanol–water partition coefficient (Wildman–Crippen LogP) is 3.79. The van der Waals surface area contributed by atoms with E-state index in [1.807, 2.05) is 30.3 Å². The van der Waals surface area contributed by atoms with E-state index in [1.54, 1.807) is 12.1 Å². The first-order valence-electron chi connectivity index (χ1n) is 11.9. The summed E-state index contributed by atoms with van der Waals surface area (Å²) in [4.78, 5) is 2.80. The smallest absolute Gasteiger partial charge is 0.161 e. The van der Waals surface area contributed by atoms with Gasteiger partial charge in [0.1, 0.15) is 26.4 Å². The molecular weight excluding hydrogens is 470 g/mol. The van der Waals surface area contributed by atoms with Gasteiger partial charge in [-0.15, -0.1) is 0 Å². The second-order valence-electron chi connectivity index (χ2n) is 7.46. The van der Waals surface area contributed by atoms with Gasteiger partial charge < -0.3 is 37.9 Å². The maximum Gasteiger partial charge on any atom is 0.161 e. The summed E-state index contributed by atoms with van der Waals surface area (Å²) in [6.45, 7) is 5.09. The SMILES string of the molecule is [N-]=[N+]=NCc1ccc2c(c1)OCCOCCOCCOc1ccccc1OCCOCCOCCO2. The summed E-state index contributed by atoms with van der Waals surface area (Å²) in [5, 5.41) is 3.60. The molecule has 36 heavy (non-hydrogen) atoms. The first-order chi connectivity index (χ1) is 17.9. The fraction of sp³-hybridized carbons (Fsp3) is 0.520. The van der Waals surface area contributed by atoms with Crippen molar-refractivity contribution in [2.75, 3.05) is 79.3 Å². The lowest BCUT2D eigenvalue weighted by Gasteiger charge is -2.15. The molecule has 11 heteroatoms. The topological polar surface area (TPSA) is 123 Å². The van der Waals surface area contributed by atoms with Crippen molar-refractivity contribution in [3.63, 3.8) is 0 Å². The molecular formula is C25H33N3O8. The third-order valence-corrected chi connectivity index (χ3v) is 4.86. The van der Waals surface area contributed by atoms with E-state index in [0.29, 0.717) is 102 Å². The fourth-order valence-electron chi connectivity index (χ4n) is 3.17. The number of nitrogens with zero attached hydrogens (tertiary/aromatic N) is 3. The molecule has 0 spiro atoms. The Labute approximate surface area is 210 Å². The summed E-state index contributed by atoms with van der Waals surface area (Å²) in [5.74, 6) is 2.46. The minimum absolute atomic E-state index is 0.227. The van der Waals surface area contributed by atoms with Crippen molar-refractivity contribution in [2.45, 2.75) is 6.54 Å². The molecule has 0 unspecified atom stereocenters. The highest BCUT2D eigenvalue weighted by Crippen LogP contribution is 2.29. The van der Waals surface area contributed by atoms with Crippen molar-refractivity contribution >= 4 is 0 Å². The molecule has 0 aromatic heterocycles. The van der Waals surface area contributed by atoms with Crippen LogP contribution in [0.25, 0.3) is 10.4 Å². The van der Waals surface area contributed by atoms with Crippen molar-refractivity contribution in [3.05, 3.63) is 58.5 Å². The molecule has 0 fully saturated rings. The van der Waals surface area contributed by atoms with Gasteiger partial charge in [-0.25, -0.2) is 0 Å². The number of para-hydroxylation sites is 2. The van der Waals surface area contributed by atoms with Gasteiger partial charge in [0.2, 0.25) is 0 Å². The Balaban J connectivity index is 1.50. The van der Waals surface area contributed by atoms with Gasteiger partial charge in [0.05, 0.1) is 59.4 Å². The van der Waals surface area contributed by atoms with E-state index in [9.17, 15) is 0 Å². The van der Waals surface area contributed by atoms with Gasteiger partial charge in [-0.05, 0) is 35.4 Å². The number of azide groups is 1. The molecule has 2 aromatic rings. The maximum atomic E-state index is 8.57. The van der Waals surface area contributed by atoms with Crippen LogP contribution in [0.2, 0.25) is 0 Å². The standard InChI is InChI=1S/C25H33N3O8/c26-28-27-20-21-5-6-24-25(19-21)36-18-14-32-10-9-30-12-16-34-23-4-2-1-3-22(23)33-15-11-29-7-8-31-13-17-35-24/h1-6,19H,7-18,20H2. The Kier molecular flexibility index (Phi) is 13.1. The largest absolute Gasteiger partial charge is 0.487 e. The van der Waals surface area contributed by atoms with E-state index in [-0.39, 0.29) is 6.54 Å². The molecule has 0 radical (unpaired) electrons. The third kappa shape index (κ3) is 10.6. The maximum absolute atomic E-state index is 8.57. The zero-order valence-corrected chi connectivity index (χ0v) is 20.3. The van der Waals surface area contributed by atoms with E-state index in [4.69, 9.17) is 43.4 Å². The highest BCUT2D eigenvalue weighted by atomic mass is 16.6. The van der Waals surface area contributed by atoms with Crippen LogP contribution in [-0.4, -0.2) is 79.3 Å². The van der Waals surface area contributed by atoms with E-state index in [0.717, 1.165) is 5.56 Å². The van der Waals surface area contributed by atoms with Crippen LogP contribution in [0.4, 0.5) is 0 Å². The number of rotatable bonds is 2. The summed E-state index contributed by atoms with van der Waals surface area (Å²) >= 11 is 0. The van der Waals surface area contributed by atoms with Gasteiger partial charge >= 0.3 is 0 Å². The van der Waals surface area contributed by atoms with E-state index >= 15 is 0 Å². The van der Waals surface area contributed by atoms with Crippen molar-refractivity contribution < 1.29 is 37.9 Å². The van der Waals surface area contributed by atoms with E-state index < -0.39 is 0 Å². The van der Waals surface area contributed by atoms with Crippen molar-refractivity contribution in [3.8, 4) is 23.0 Å². The predicted molar refractivity (Wildman–Crippen MR) is 131 cm³/mol. The monoisotopic (exact) mass is 503 g/mol. The summed E-state index contributed by atoms with van der Waals surface area (Å²) in [5.41, 5.74) is 9.39. The molecule has 196 valence electrons. The van der Waals surface area contributed by atoms with Gasteiger partial charge in [-0.2, -0.15) is 0 Å². The average Bonchev–Trinajstić information content (AvgIpc) is 2.90. The number of benzene rings is 2. The van der Waals surface area contributed by atoms with E-state index in [2.05, 4.69) is 10.0 Å². The van der Waals surface area contributed by atoms with E-state index in [1.165, 1.54) is 0 Å². The lowest BCUT2D eigenvalue weighted by atomic mass is 10.2. The Morgan fingerprint density at radius 2 is 0.972 bits per heavy atom. The molecule has 0 N–H and O–H groups in total. The molecule has 11 nitrogen and oxygen atoms in total. The first kappa shape index (κ1) is 27.4. The van der Waals surface area contributed by atoms with Gasteiger partial charge in [0, 0.05) is 4.91 Å². The molecule has 0 aliphatic carbocycles. The highest BCUT2D eigenvalue weighted by molar-refractivity contribution is 5.43. The molecule has 1 aliphatic rings. The minimum atomic E-state index is 0.227. The number of hydrogen-bond acceptors (Lipinski definition) is 9. The lowest BCUT2D eigenvalue weighted by molar-refractivity contribution is 0.0223. The summed E-state index contributed by atoms with van der Waals surface area (Å²) in [6.07, 6.45) is 0. The molecule has 0 amide bonds. The second-order valence-corrected chi connectivity index (χ2v) is 7.46. The van der Waals surface area contributed by atoms with Gasteiger partial charge in [-0.1, -0.05) is 23.3 Å². The highest BCUT2D eigenvalue weighted by Gasteiger charge is 2.08. The van der Waals surface area contributed by atoms with Crippen LogP contribution in [0.15, 0.2) is 47.6 Å². The lowest BCUT2D eigenvalue weighted by Crippen LogP contribution is -2.15. The molecule has 0 atom stereocenters. The Bertz CT molecular complexity index is 939. The molecule has 3 rings (SSSR count). The molecule has 1 aliphatic heterocycles. The average molecular weight is 504 g/mol. The summed E-state index contributed by atoms with van der Waals surface area (Å²) in [6, 6.07) is 12.9. The fourth-order valence-corrected chi connectivity index (χ4v) is 3.17. The molecule has 0 saturated heterocycles.